The van der Waals surface area contributed by atoms with Gasteiger partial charge in [0.25, 0.3) is 0 Å². The summed E-state index contributed by atoms with van der Waals surface area (Å²) in [5.41, 5.74) is 4.42. The first-order chi connectivity index (χ1) is 8.92. The first-order valence-electron chi connectivity index (χ1n) is 7.16. The second-order valence-electron chi connectivity index (χ2n) is 5.72. The second kappa shape index (κ2) is 3.98. The zero-order valence-corrected chi connectivity index (χ0v) is 10.7. The monoisotopic (exact) mass is 234 g/mol. The van der Waals surface area contributed by atoms with Gasteiger partial charge in [-0.1, -0.05) is 49.6 Å². The number of hydrogen-bond donors (Lipinski definition) is 0. The third-order valence-corrected chi connectivity index (χ3v) is 4.61. The van der Waals surface area contributed by atoms with Gasteiger partial charge < -0.3 is 0 Å². The number of hydrogen-bond acceptors (Lipinski definition) is 0. The van der Waals surface area contributed by atoms with Crippen molar-refractivity contribution in [1.82, 2.24) is 0 Å². The first-order valence-corrected chi connectivity index (χ1v) is 7.16. The van der Waals surface area contributed by atoms with E-state index in [1.165, 1.54) is 53.7 Å². The lowest BCUT2D eigenvalue weighted by atomic mass is 9.83. The topological polar surface area (TPSA) is 0 Å². The van der Waals surface area contributed by atoms with E-state index in [9.17, 15) is 0 Å². The van der Waals surface area contributed by atoms with Crippen LogP contribution in [0.2, 0.25) is 0 Å². The number of rotatable bonds is 1. The quantitative estimate of drug-likeness (QED) is 0.699. The molecule has 1 aromatic rings. The maximum absolute atomic E-state index is 2.40. The van der Waals surface area contributed by atoms with Gasteiger partial charge in [0.05, 0.1) is 0 Å². The standard InChI is InChI=1S/C18H18/c1-2-5-13(6-3-1)17-10-9-16-11-14-7-4-8-15(14)12-18(16)17/h4,7-13H,1-3,5-6H2. The minimum atomic E-state index is 0.809. The molecule has 0 spiro atoms. The molecule has 3 aliphatic carbocycles. The van der Waals surface area contributed by atoms with Crippen LogP contribution in [0.15, 0.2) is 24.3 Å². The number of fused-ring (bicyclic) bond motifs is 2. The maximum atomic E-state index is 2.40. The van der Waals surface area contributed by atoms with Crippen LogP contribution < -0.4 is 10.4 Å². The van der Waals surface area contributed by atoms with E-state index >= 15 is 0 Å². The van der Waals surface area contributed by atoms with Crippen molar-refractivity contribution in [1.29, 1.82) is 0 Å². The molecule has 0 amide bonds. The van der Waals surface area contributed by atoms with E-state index in [0.29, 0.717) is 0 Å². The molecule has 90 valence electrons. The summed E-state index contributed by atoms with van der Waals surface area (Å²) in [6.45, 7) is 0. The van der Waals surface area contributed by atoms with Gasteiger partial charge in [-0.3, -0.25) is 0 Å². The molecule has 0 unspecified atom stereocenters. The SMILES string of the molecule is C1=Cc2cc3c(cc2=C1)C=CC=3C1CCCCC1. The lowest BCUT2D eigenvalue weighted by Crippen LogP contribution is -2.18. The van der Waals surface area contributed by atoms with Crippen molar-refractivity contribution in [3.63, 3.8) is 0 Å². The lowest BCUT2D eigenvalue weighted by Gasteiger charge is -2.22. The van der Waals surface area contributed by atoms with E-state index in [-0.39, 0.29) is 0 Å². The van der Waals surface area contributed by atoms with E-state index in [0.717, 1.165) is 5.92 Å². The number of allylic oxidation sites excluding steroid dienone is 2. The molecule has 0 nitrogen and oxygen atoms in total. The van der Waals surface area contributed by atoms with E-state index in [1.807, 2.05) is 0 Å². The molecule has 0 atom stereocenters. The van der Waals surface area contributed by atoms with E-state index in [2.05, 4.69) is 42.5 Å². The summed E-state index contributed by atoms with van der Waals surface area (Å²) in [6, 6.07) is 4.74. The average Bonchev–Trinajstić information content (AvgIpc) is 3.02. The van der Waals surface area contributed by atoms with E-state index in [1.54, 1.807) is 5.57 Å². The highest BCUT2D eigenvalue weighted by molar-refractivity contribution is 5.79. The molecule has 0 heterocycles. The first kappa shape index (κ1) is 10.4. The van der Waals surface area contributed by atoms with Gasteiger partial charge in [0.15, 0.2) is 0 Å². The largest absolute Gasteiger partial charge is 0.0610 e. The Hall–Kier alpha value is -1.56. The molecule has 0 aromatic heterocycles. The highest BCUT2D eigenvalue weighted by atomic mass is 14.2. The molecule has 18 heavy (non-hydrogen) atoms. The summed E-state index contributed by atoms with van der Waals surface area (Å²) in [5.74, 6) is 0.809. The fraction of sp³-hybridized carbons (Fsp3) is 0.333. The zero-order chi connectivity index (χ0) is 11.9. The van der Waals surface area contributed by atoms with Gasteiger partial charge >= 0.3 is 0 Å². The predicted octanol–water partition coefficient (Wildman–Crippen LogP) is 3.25. The molecule has 0 aliphatic heterocycles. The fourth-order valence-corrected chi connectivity index (χ4v) is 3.62. The molecule has 4 rings (SSSR count). The van der Waals surface area contributed by atoms with Gasteiger partial charge in [-0.25, -0.2) is 0 Å². The minimum Gasteiger partial charge on any atom is -0.0610 e. The van der Waals surface area contributed by atoms with Crippen LogP contribution in [0.3, 0.4) is 0 Å². The zero-order valence-electron chi connectivity index (χ0n) is 10.7. The van der Waals surface area contributed by atoms with Crippen LogP contribution in [-0.2, 0) is 0 Å². The van der Waals surface area contributed by atoms with Crippen LogP contribution in [0, 0.1) is 5.92 Å². The molecule has 0 radical (unpaired) electrons. The predicted molar refractivity (Wildman–Crippen MR) is 78.2 cm³/mol. The summed E-state index contributed by atoms with van der Waals surface area (Å²) >= 11 is 0. The molecular weight excluding hydrogens is 216 g/mol. The van der Waals surface area contributed by atoms with Crippen LogP contribution in [-0.4, -0.2) is 0 Å². The van der Waals surface area contributed by atoms with Gasteiger partial charge in [0.1, 0.15) is 0 Å². The van der Waals surface area contributed by atoms with Crippen molar-refractivity contribution in [2.24, 2.45) is 5.92 Å². The van der Waals surface area contributed by atoms with Crippen molar-refractivity contribution in [3.8, 4) is 0 Å². The molecular formula is C18H18. The Bertz CT molecular complexity index is 665. The van der Waals surface area contributed by atoms with Crippen molar-refractivity contribution in [3.05, 3.63) is 45.8 Å². The molecule has 3 aliphatic rings. The summed E-state index contributed by atoms with van der Waals surface area (Å²) in [5, 5.41) is 2.88. The molecule has 1 aromatic carbocycles. The Balaban J connectivity index is 1.88. The fourth-order valence-electron chi connectivity index (χ4n) is 3.62. The Labute approximate surface area is 108 Å². The van der Waals surface area contributed by atoms with Crippen LogP contribution in [0.1, 0.15) is 43.2 Å². The molecule has 0 heteroatoms. The normalized spacial score (nSPS) is 21.0. The van der Waals surface area contributed by atoms with Crippen LogP contribution in [0.5, 0.6) is 0 Å². The van der Waals surface area contributed by atoms with Crippen LogP contribution in [0.4, 0.5) is 0 Å². The Kier molecular flexibility index (Phi) is 2.29. The summed E-state index contributed by atoms with van der Waals surface area (Å²) in [6.07, 6.45) is 18.3. The Morgan fingerprint density at radius 2 is 1.72 bits per heavy atom. The molecule has 0 saturated heterocycles. The van der Waals surface area contributed by atoms with Gasteiger partial charge in [-0.05, 0) is 58.0 Å². The van der Waals surface area contributed by atoms with Gasteiger partial charge in [-0.15, -0.1) is 0 Å². The highest BCUT2D eigenvalue weighted by Gasteiger charge is 2.19. The smallest absolute Gasteiger partial charge is 0.0143 e. The van der Waals surface area contributed by atoms with Gasteiger partial charge in [0, 0.05) is 0 Å². The van der Waals surface area contributed by atoms with Crippen LogP contribution in [0.25, 0.3) is 23.8 Å². The van der Waals surface area contributed by atoms with E-state index in [4.69, 9.17) is 0 Å². The van der Waals surface area contributed by atoms with E-state index < -0.39 is 0 Å². The van der Waals surface area contributed by atoms with Gasteiger partial charge in [-0.2, -0.15) is 0 Å². The minimum absolute atomic E-state index is 0.809. The highest BCUT2D eigenvalue weighted by Crippen LogP contribution is 2.32. The van der Waals surface area contributed by atoms with Gasteiger partial charge in [0.2, 0.25) is 0 Å². The third-order valence-electron chi connectivity index (χ3n) is 4.61. The van der Waals surface area contributed by atoms with Crippen LogP contribution >= 0.6 is 0 Å². The van der Waals surface area contributed by atoms with Crippen molar-refractivity contribution in [2.45, 2.75) is 32.1 Å². The van der Waals surface area contributed by atoms with Crippen molar-refractivity contribution >= 4 is 23.8 Å². The molecule has 1 saturated carbocycles. The molecule has 1 fully saturated rings. The summed E-state index contributed by atoms with van der Waals surface area (Å²) in [7, 11) is 0. The molecule has 0 bridgehead atoms. The lowest BCUT2D eigenvalue weighted by molar-refractivity contribution is 0.430. The average molecular weight is 234 g/mol. The Morgan fingerprint density at radius 1 is 0.833 bits per heavy atom. The summed E-state index contributed by atoms with van der Waals surface area (Å²) < 4.78 is 0. The van der Waals surface area contributed by atoms with Crippen molar-refractivity contribution in [2.75, 3.05) is 0 Å². The molecule has 0 N–H and O–H groups in total. The third kappa shape index (κ3) is 1.52. The summed E-state index contributed by atoms with van der Waals surface area (Å²) in [4.78, 5) is 0. The second-order valence-corrected chi connectivity index (χ2v) is 5.72. The number of benzene rings is 1. The van der Waals surface area contributed by atoms with Crippen molar-refractivity contribution < 1.29 is 0 Å². The maximum Gasteiger partial charge on any atom is -0.0143 e. The Morgan fingerprint density at radius 3 is 2.61 bits per heavy atom.